The summed E-state index contributed by atoms with van der Waals surface area (Å²) in [5.74, 6) is 0.512. The van der Waals surface area contributed by atoms with Crippen molar-refractivity contribution in [3.63, 3.8) is 0 Å². The van der Waals surface area contributed by atoms with Crippen molar-refractivity contribution in [2.45, 2.75) is 19.8 Å². The average molecular weight is 410 g/mol. The normalized spacial score (nSPS) is 10.3. The summed E-state index contributed by atoms with van der Waals surface area (Å²) in [5.41, 5.74) is 12.5. The van der Waals surface area contributed by atoms with Gasteiger partial charge >= 0.3 is 0 Å². The number of hydrogen-bond donors (Lipinski definition) is 4. The Morgan fingerprint density at radius 1 is 1.07 bits per heavy atom. The van der Waals surface area contributed by atoms with E-state index in [9.17, 15) is 9.18 Å². The number of carbonyl (C=O) groups is 1. The highest BCUT2D eigenvalue weighted by atomic mass is 19.1. The van der Waals surface area contributed by atoms with Crippen molar-refractivity contribution >= 4 is 28.9 Å². The second-order valence-corrected chi connectivity index (χ2v) is 6.42. The summed E-state index contributed by atoms with van der Waals surface area (Å²) in [6.07, 6.45) is 3.39. The first-order valence-electron chi connectivity index (χ1n) is 9.49. The first-order chi connectivity index (χ1) is 14.6. The highest BCUT2D eigenvalue weighted by Gasteiger charge is 2.11. The molecule has 3 aromatic rings. The maximum absolute atomic E-state index is 13.0. The molecule has 0 aliphatic heterocycles. The molecule has 0 radical (unpaired) electrons. The quantitative estimate of drug-likeness (QED) is 0.313. The molecule has 1 amide bonds. The van der Waals surface area contributed by atoms with E-state index in [1.165, 1.54) is 30.6 Å². The van der Waals surface area contributed by atoms with Crippen LogP contribution >= 0.6 is 0 Å². The SMILES string of the molecule is CCCCOc1ccc(Nc2ncnc(NNC(=O)c3ccc(F)cc3)c2N)cc1. The number of ether oxygens (including phenoxy) is 1. The number of carbonyl (C=O) groups excluding carboxylic acids is 1. The van der Waals surface area contributed by atoms with Crippen LogP contribution in [0.2, 0.25) is 0 Å². The number of hydrogen-bond acceptors (Lipinski definition) is 7. The highest BCUT2D eigenvalue weighted by molar-refractivity contribution is 5.95. The van der Waals surface area contributed by atoms with Crippen LogP contribution in [-0.4, -0.2) is 22.5 Å². The molecule has 9 heteroatoms. The molecule has 0 saturated heterocycles. The van der Waals surface area contributed by atoms with Crippen LogP contribution in [0, 0.1) is 5.82 Å². The Kier molecular flexibility index (Phi) is 6.99. The summed E-state index contributed by atoms with van der Waals surface area (Å²) >= 11 is 0. The molecule has 30 heavy (non-hydrogen) atoms. The fourth-order valence-electron chi connectivity index (χ4n) is 2.49. The van der Waals surface area contributed by atoms with Crippen molar-refractivity contribution in [3.8, 4) is 5.75 Å². The highest BCUT2D eigenvalue weighted by Crippen LogP contribution is 2.26. The van der Waals surface area contributed by atoms with E-state index in [1.54, 1.807) is 0 Å². The van der Waals surface area contributed by atoms with Crippen molar-refractivity contribution in [2.24, 2.45) is 0 Å². The number of anilines is 4. The first kappa shape index (κ1) is 20.8. The zero-order valence-electron chi connectivity index (χ0n) is 16.5. The third-order valence-corrected chi connectivity index (χ3v) is 4.17. The van der Waals surface area contributed by atoms with Gasteiger partial charge in [0.05, 0.1) is 6.61 Å². The molecule has 0 unspecified atom stereocenters. The van der Waals surface area contributed by atoms with E-state index in [4.69, 9.17) is 10.5 Å². The number of hydrazine groups is 1. The van der Waals surface area contributed by atoms with Gasteiger partial charge in [-0.15, -0.1) is 0 Å². The van der Waals surface area contributed by atoms with Crippen molar-refractivity contribution in [3.05, 3.63) is 66.2 Å². The molecule has 0 aliphatic carbocycles. The topological polar surface area (TPSA) is 114 Å². The number of rotatable bonds is 9. The Bertz CT molecular complexity index is 980. The van der Waals surface area contributed by atoms with Gasteiger partial charge in [0.25, 0.3) is 5.91 Å². The predicted octanol–water partition coefficient (Wildman–Crippen LogP) is 3.88. The minimum atomic E-state index is -0.457. The molecule has 2 aromatic carbocycles. The van der Waals surface area contributed by atoms with Crippen LogP contribution in [0.1, 0.15) is 30.1 Å². The second kappa shape index (κ2) is 10.1. The third-order valence-electron chi connectivity index (χ3n) is 4.17. The lowest BCUT2D eigenvalue weighted by atomic mass is 10.2. The van der Waals surface area contributed by atoms with Gasteiger partial charge in [-0.1, -0.05) is 13.3 Å². The molecule has 156 valence electrons. The number of nitrogen functional groups attached to an aromatic ring is 1. The van der Waals surface area contributed by atoms with E-state index >= 15 is 0 Å². The minimum Gasteiger partial charge on any atom is -0.494 e. The molecule has 1 heterocycles. The number of amides is 1. The van der Waals surface area contributed by atoms with E-state index in [2.05, 4.69) is 33.1 Å². The molecule has 0 saturated carbocycles. The standard InChI is InChI=1S/C21H23FN6O2/c1-2-3-12-30-17-10-8-16(9-11-17)26-19-18(23)20(25-13-24-19)27-28-21(29)14-4-6-15(22)7-5-14/h4-11,13H,2-3,12,23H2,1H3,(H,28,29)(H2,24,25,26,27). The summed E-state index contributed by atoms with van der Waals surface area (Å²) in [6, 6.07) is 12.6. The molecule has 0 bridgehead atoms. The van der Waals surface area contributed by atoms with Crippen LogP contribution < -0.4 is 26.6 Å². The van der Waals surface area contributed by atoms with Crippen LogP contribution in [0.4, 0.5) is 27.4 Å². The fraction of sp³-hybridized carbons (Fsp3) is 0.190. The summed E-state index contributed by atoms with van der Waals surface area (Å²) in [7, 11) is 0. The predicted molar refractivity (Wildman–Crippen MR) is 114 cm³/mol. The van der Waals surface area contributed by atoms with Crippen LogP contribution in [0.3, 0.4) is 0 Å². The maximum atomic E-state index is 13.0. The second-order valence-electron chi connectivity index (χ2n) is 6.42. The van der Waals surface area contributed by atoms with Crippen molar-refractivity contribution in [1.29, 1.82) is 0 Å². The molecule has 3 rings (SSSR count). The monoisotopic (exact) mass is 410 g/mol. The van der Waals surface area contributed by atoms with Gasteiger partial charge < -0.3 is 15.8 Å². The van der Waals surface area contributed by atoms with Gasteiger partial charge in [-0.05, 0) is 55.0 Å². The van der Waals surface area contributed by atoms with Crippen LogP contribution in [-0.2, 0) is 0 Å². The third kappa shape index (κ3) is 5.57. The molecule has 0 fully saturated rings. The van der Waals surface area contributed by atoms with Crippen LogP contribution in [0.25, 0.3) is 0 Å². The summed E-state index contributed by atoms with van der Waals surface area (Å²) in [6.45, 7) is 2.79. The van der Waals surface area contributed by atoms with Gasteiger partial charge in [0.1, 0.15) is 23.6 Å². The van der Waals surface area contributed by atoms with Crippen LogP contribution in [0.15, 0.2) is 54.9 Å². The lowest BCUT2D eigenvalue weighted by Crippen LogP contribution is -2.30. The zero-order chi connectivity index (χ0) is 21.3. The Balaban J connectivity index is 1.61. The number of benzene rings is 2. The van der Waals surface area contributed by atoms with E-state index in [0.29, 0.717) is 12.4 Å². The van der Waals surface area contributed by atoms with Crippen molar-refractivity contribution in [2.75, 3.05) is 23.1 Å². The molecule has 1 aromatic heterocycles. The van der Waals surface area contributed by atoms with E-state index in [0.717, 1.165) is 24.3 Å². The number of unbranched alkanes of at least 4 members (excludes halogenated alkanes) is 1. The molecular weight excluding hydrogens is 387 g/mol. The molecule has 5 N–H and O–H groups in total. The number of nitrogens with one attached hydrogen (secondary N) is 3. The van der Waals surface area contributed by atoms with Crippen molar-refractivity contribution < 1.29 is 13.9 Å². The Morgan fingerprint density at radius 3 is 2.47 bits per heavy atom. The van der Waals surface area contributed by atoms with Gasteiger partial charge in [0.15, 0.2) is 11.6 Å². The Hall–Kier alpha value is -3.88. The Labute approximate surface area is 173 Å². The molecule has 0 aliphatic rings. The van der Waals surface area contributed by atoms with Gasteiger partial charge in [-0.25, -0.2) is 14.4 Å². The van der Waals surface area contributed by atoms with Gasteiger partial charge in [0.2, 0.25) is 0 Å². The Morgan fingerprint density at radius 2 is 1.77 bits per heavy atom. The summed E-state index contributed by atoms with van der Waals surface area (Å²) in [4.78, 5) is 20.3. The fourth-order valence-corrected chi connectivity index (χ4v) is 2.49. The summed E-state index contributed by atoms with van der Waals surface area (Å²) in [5, 5.41) is 3.11. The minimum absolute atomic E-state index is 0.222. The van der Waals surface area contributed by atoms with Gasteiger partial charge in [0, 0.05) is 11.3 Å². The summed E-state index contributed by atoms with van der Waals surface area (Å²) < 4.78 is 18.6. The molecule has 0 atom stereocenters. The van der Waals surface area contributed by atoms with E-state index < -0.39 is 11.7 Å². The number of nitrogens with zero attached hydrogens (tertiary/aromatic N) is 2. The average Bonchev–Trinajstić information content (AvgIpc) is 2.76. The van der Waals surface area contributed by atoms with E-state index in [1.807, 2.05) is 24.3 Å². The number of nitrogens with two attached hydrogens (primary N) is 1. The van der Waals surface area contributed by atoms with Gasteiger partial charge in [-0.3, -0.25) is 15.6 Å². The van der Waals surface area contributed by atoms with Crippen LogP contribution in [0.5, 0.6) is 5.75 Å². The molecule has 8 nitrogen and oxygen atoms in total. The lowest BCUT2D eigenvalue weighted by molar-refractivity contribution is 0.0962. The smallest absolute Gasteiger partial charge is 0.269 e. The van der Waals surface area contributed by atoms with Crippen molar-refractivity contribution in [1.82, 2.24) is 15.4 Å². The molecule has 0 spiro atoms. The van der Waals surface area contributed by atoms with Gasteiger partial charge in [-0.2, -0.15) is 0 Å². The lowest BCUT2D eigenvalue weighted by Gasteiger charge is -2.13. The maximum Gasteiger partial charge on any atom is 0.269 e. The molecular formula is C21H23FN6O2. The number of aromatic nitrogens is 2. The zero-order valence-corrected chi connectivity index (χ0v) is 16.5. The first-order valence-corrected chi connectivity index (χ1v) is 9.49. The number of halogens is 1. The van der Waals surface area contributed by atoms with E-state index in [-0.39, 0.29) is 17.1 Å². The largest absolute Gasteiger partial charge is 0.494 e.